The summed E-state index contributed by atoms with van der Waals surface area (Å²) >= 11 is 0. The maximum atomic E-state index is 13.4. The first kappa shape index (κ1) is 22.5. The number of hydrogen-bond donors (Lipinski definition) is 0. The maximum absolute atomic E-state index is 13.4. The summed E-state index contributed by atoms with van der Waals surface area (Å²) < 4.78 is 19.0. The summed E-state index contributed by atoms with van der Waals surface area (Å²) in [6.07, 6.45) is 0.887. The Bertz CT molecular complexity index is 1510. The molecule has 9 nitrogen and oxygen atoms in total. The summed E-state index contributed by atoms with van der Waals surface area (Å²) in [4.78, 5) is 18.2. The van der Waals surface area contributed by atoms with Crippen LogP contribution < -0.4 is 0 Å². The van der Waals surface area contributed by atoms with Crippen molar-refractivity contribution in [2.24, 2.45) is 0 Å². The van der Waals surface area contributed by atoms with E-state index in [9.17, 15) is 4.79 Å². The van der Waals surface area contributed by atoms with Crippen molar-refractivity contribution in [3.8, 4) is 22.7 Å². The minimum Gasteiger partial charge on any atom is -0.466 e. The number of nitrogens with zero attached hydrogens (tertiary/aromatic N) is 5. The van der Waals surface area contributed by atoms with Crippen LogP contribution in [0.25, 0.3) is 33.7 Å². The molecule has 35 heavy (non-hydrogen) atoms. The fourth-order valence-corrected chi connectivity index (χ4v) is 3.96. The highest BCUT2D eigenvalue weighted by molar-refractivity contribution is 6.04. The fourth-order valence-electron chi connectivity index (χ4n) is 3.96. The Morgan fingerprint density at radius 1 is 1.03 bits per heavy atom. The maximum Gasteiger partial charge on any atom is 0.339 e. The number of aromatic nitrogens is 5. The van der Waals surface area contributed by atoms with Crippen molar-refractivity contribution < 1.29 is 18.4 Å². The van der Waals surface area contributed by atoms with E-state index in [2.05, 4.69) is 15.3 Å². The third kappa shape index (κ3) is 4.21. The molecule has 0 bridgehead atoms. The molecule has 5 rings (SSSR count). The molecule has 0 N–H and O–H groups in total. The average molecular weight is 472 g/mol. The molecular weight excluding hydrogens is 446 g/mol. The van der Waals surface area contributed by atoms with Crippen molar-refractivity contribution in [2.75, 3.05) is 0 Å². The first-order valence-electron chi connectivity index (χ1n) is 11.4. The molecule has 0 fully saturated rings. The smallest absolute Gasteiger partial charge is 0.339 e. The topological polar surface area (TPSA) is 109 Å². The Hall–Kier alpha value is -4.27. The Morgan fingerprint density at radius 3 is 2.49 bits per heavy atom. The van der Waals surface area contributed by atoms with Gasteiger partial charge in [-0.05, 0) is 58.9 Å². The quantitative estimate of drug-likeness (QED) is 0.283. The predicted octanol–water partition coefficient (Wildman–Crippen LogP) is 5.86. The zero-order valence-electron chi connectivity index (χ0n) is 20.1. The van der Waals surface area contributed by atoms with Gasteiger partial charge in [-0.25, -0.2) is 14.5 Å². The van der Waals surface area contributed by atoms with Gasteiger partial charge in [-0.2, -0.15) is 5.10 Å². The van der Waals surface area contributed by atoms with Crippen LogP contribution in [0.2, 0.25) is 0 Å². The van der Waals surface area contributed by atoms with E-state index in [-0.39, 0.29) is 11.9 Å². The van der Waals surface area contributed by atoms with Gasteiger partial charge in [0.25, 0.3) is 5.89 Å². The van der Waals surface area contributed by atoms with Crippen molar-refractivity contribution in [3.05, 3.63) is 71.6 Å². The van der Waals surface area contributed by atoms with Crippen molar-refractivity contribution in [2.45, 2.75) is 46.8 Å². The van der Waals surface area contributed by atoms with Gasteiger partial charge in [0.2, 0.25) is 5.89 Å². The number of furan rings is 1. The highest BCUT2D eigenvalue weighted by atomic mass is 16.6. The molecule has 9 heteroatoms. The van der Waals surface area contributed by atoms with E-state index in [1.54, 1.807) is 23.9 Å². The minimum atomic E-state index is -0.753. The van der Waals surface area contributed by atoms with Gasteiger partial charge in [-0.15, -0.1) is 10.2 Å². The first-order valence-corrected chi connectivity index (χ1v) is 11.4. The number of benzene rings is 1. The second-order valence-corrected chi connectivity index (χ2v) is 8.66. The molecule has 0 amide bonds. The Morgan fingerprint density at radius 2 is 1.80 bits per heavy atom. The highest BCUT2D eigenvalue weighted by Crippen LogP contribution is 2.31. The van der Waals surface area contributed by atoms with Crippen LogP contribution in [0.15, 0.2) is 57.5 Å². The fraction of sp³-hybridized carbons (Fsp3) is 0.269. The zero-order chi connectivity index (χ0) is 24.7. The summed E-state index contributed by atoms with van der Waals surface area (Å²) in [7, 11) is 0. The second kappa shape index (κ2) is 8.83. The number of rotatable bonds is 6. The van der Waals surface area contributed by atoms with Gasteiger partial charge in [0.05, 0.1) is 22.8 Å². The number of pyridine rings is 1. The van der Waals surface area contributed by atoms with E-state index in [4.69, 9.17) is 18.6 Å². The summed E-state index contributed by atoms with van der Waals surface area (Å²) in [6, 6.07) is 13.1. The summed E-state index contributed by atoms with van der Waals surface area (Å²) in [5, 5.41) is 13.2. The van der Waals surface area contributed by atoms with Crippen molar-refractivity contribution in [1.29, 1.82) is 0 Å². The van der Waals surface area contributed by atoms with Crippen LogP contribution in [-0.4, -0.2) is 30.9 Å². The monoisotopic (exact) mass is 471 g/mol. The predicted molar refractivity (Wildman–Crippen MR) is 129 cm³/mol. The van der Waals surface area contributed by atoms with E-state index in [1.807, 2.05) is 64.1 Å². The van der Waals surface area contributed by atoms with Crippen LogP contribution in [0.5, 0.6) is 0 Å². The summed E-state index contributed by atoms with van der Waals surface area (Å²) in [5.74, 6) is 1.52. The Kier molecular flexibility index (Phi) is 5.68. The molecule has 0 aliphatic carbocycles. The zero-order valence-corrected chi connectivity index (χ0v) is 20.1. The Labute approximate surface area is 201 Å². The minimum absolute atomic E-state index is 0.0556. The van der Waals surface area contributed by atoms with Gasteiger partial charge in [0.15, 0.2) is 11.8 Å². The molecule has 178 valence electrons. The number of ether oxygens (including phenoxy) is 1. The van der Waals surface area contributed by atoms with Crippen LogP contribution >= 0.6 is 0 Å². The number of carbonyl (C=O) groups excluding carboxylic acids is 1. The lowest BCUT2D eigenvalue weighted by Crippen LogP contribution is -2.11. The van der Waals surface area contributed by atoms with Crippen LogP contribution in [0.4, 0.5) is 0 Å². The third-order valence-electron chi connectivity index (χ3n) is 5.69. The van der Waals surface area contributed by atoms with E-state index >= 15 is 0 Å². The molecule has 0 saturated carbocycles. The molecular formula is C26H25N5O4. The molecule has 4 heterocycles. The third-order valence-corrected chi connectivity index (χ3v) is 5.69. The summed E-state index contributed by atoms with van der Waals surface area (Å²) in [5.41, 5.74) is 3.16. The van der Waals surface area contributed by atoms with Gasteiger partial charge in [-0.3, -0.25) is 0 Å². The number of aryl methyl sites for hydroxylation is 2. The molecule has 1 atom stereocenters. The van der Waals surface area contributed by atoms with Gasteiger partial charge >= 0.3 is 5.97 Å². The van der Waals surface area contributed by atoms with Gasteiger partial charge in [0, 0.05) is 17.2 Å². The number of fused-ring (bicyclic) bond motifs is 1. The van der Waals surface area contributed by atoms with Crippen LogP contribution in [0.3, 0.4) is 0 Å². The lowest BCUT2D eigenvalue weighted by molar-refractivity contribution is 0.0282. The normalized spacial score (nSPS) is 12.4. The van der Waals surface area contributed by atoms with Crippen LogP contribution in [0, 0.1) is 13.8 Å². The van der Waals surface area contributed by atoms with Gasteiger partial charge < -0.3 is 13.6 Å². The van der Waals surface area contributed by atoms with Crippen molar-refractivity contribution in [3.63, 3.8) is 0 Å². The van der Waals surface area contributed by atoms with E-state index in [1.165, 1.54) is 0 Å². The first-order chi connectivity index (χ1) is 16.8. The van der Waals surface area contributed by atoms with E-state index in [0.717, 1.165) is 22.6 Å². The largest absolute Gasteiger partial charge is 0.466 e. The molecule has 0 aliphatic heterocycles. The summed E-state index contributed by atoms with van der Waals surface area (Å²) in [6.45, 7) is 9.45. The molecule has 5 aromatic rings. The van der Waals surface area contributed by atoms with Crippen LogP contribution in [0.1, 0.15) is 60.7 Å². The lowest BCUT2D eigenvalue weighted by atomic mass is 10.1. The molecule has 0 saturated heterocycles. The number of hydrogen-bond acceptors (Lipinski definition) is 8. The standard InChI is InChI=1S/C26H25N5O4/c1-14(2)31-23-21(13-27-31)20(12-22(28-23)19-11-15(3)33-16(19)4)26(32)34-17(5)24-29-30-25(35-24)18-9-7-6-8-10-18/h6-14,17H,1-5H3. The average Bonchev–Trinajstić information content (AvgIpc) is 3.57. The molecule has 4 aromatic heterocycles. The number of carbonyl (C=O) groups is 1. The lowest BCUT2D eigenvalue weighted by Gasteiger charge is -2.12. The molecule has 0 radical (unpaired) electrons. The van der Waals surface area contributed by atoms with Crippen molar-refractivity contribution >= 4 is 17.0 Å². The van der Waals surface area contributed by atoms with E-state index < -0.39 is 12.1 Å². The number of esters is 1. The van der Waals surface area contributed by atoms with Crippen molar-refractivity contribution in [1.82, 2.24) is 25.0 Å². The van der Waals surface area contributed by atoms with Gasteiger partial charge in [-0.1, -0.05) is 18.2 Å². The molecule has 0 aliphatic rings. The van der Waals surface area contributed by atoms with E-state index in [0.29, 0.717) is 28.2 Å². The van der Waals surface area contributed by atoms with Gasteiger partial charge in [0.1, 0.15) is 11.5 Å². The molecule has 1 unspecified atom stereocenters. The SMILES string of the molecule is Cc1cc(-c2cc(C(=O)OC(C)c3nnc(-c4ccccc4)o3)c3cnn(C(C)C)c3n2)c(C)o1. The Balaban J connectivity index is 1.50. The highest BCUT2D eigenvalue weighted by Gasteiger charge is 2.25. The molecule has 1 aromatic carbocycles. The van der Waals surface area contributed by atoms with Crippen LogP contribution in [-0.2, 0) is 4.74 Å². The second-order valence-electron chi connectivity index (χ2n) is 8.66. The molecule has 0 spiro atoms.